The van der Waals surface area contributed by atoms with Gasteiger partial charge in [-0.2, -0.15) is 5.10 Å². The topological polar surface area (TPSA) is 55.9 Å². The summed E-state index contributed by atoms with van der Waals surface area (Å²) in [6, 6.07) is 7.71. The van der Waals surface area contributed by atoms with Gasteiger partial charge in [0, 0.05) is 11.5 Å². The van der Waals surface area contributed by atoms with Crippen LogP contribution in [0.2, 0.25) is 5.02 Å². The van der Waals surface area contributed by atoms with Crippen molar-refractivity contribution in [1.82, 2.24) is 15.2 Å². The van der Waals surface area contributed by atoms with Crippen molar-refractivity contribution in [1.29, 1.82) is 0 Å². The van der Waals surface area contributed by atoms with Gasteiger partial charge in [0.05, 0.1) is 23.0 Å². The van der Waals surface area contributed by atoms with E-state index in [1.165, 1.54) is 0 Å². The Kier molecular flexibility index (Phi) is 3.83. The summed E-state index contributed by atoms with van der Waals surface area (Å²) in [6.45, 7) is 0. The smallest absolute Gasteiger partial charge is 0.0893 e. The maximum absolute atomic E-state index is 6.11. The molecule has 2 rings (SSSR count). The van der Waals surface area contributed by atoms with Crippen LogP contribution in [-0.2, 0) is 7.05 Å². The number of nitrogens with two attached hydrogens (primary N) is 1. The van der Waals surface area contributed by atoms with Crippen molar-refractivity contribution in [2.45, 2.75) is 6.04 Å². The highest BCUT2D eigenvalue weighted by molar-refractivity contribution is 9.10. The summed E-state index contributed by atoms with van der Waals surface area (Å²) >= 11 is 9.51. The summed E-state index contributed by atoms with van der Waals surface area (Å²) in [5.74, 6) is 5.61. The Labute approximate surface area is 113 Å². The number of rotatable bonds is 3. The molecule has 4 nitrogen and oxygen atoms in total. The molecule has 0 bridgehead atoms. The van der Waals surface area contributed by atoms with Crippen molar-refractivity contribution in [3.8, 4) is 0 Å². The highest BCUT2D eigenvalue weighted by Crippen LogP contribution is 2.27. The van der Waals surface area contributed by atoms with Crippen LogP contribution >= 0.6 is 27.5 Å². The van der Waals surface area contributed by atoms with Crippen molar-refractivity contribution >= 4 is 27.5 Å². The molecule has 0 saturated carbocycles. The third-order valence-electron chi connectivity index (χ3n) is 2.58. The first-order valence-electron chi connectivity index (χ1n) is 5.02. The van der Waals surface area contributed by atoms with Gasteiger partial charge >= 0.3 is 0 Å². The molecule has 1 heterocycles. The molecule has 0 aliphatic rings. The predicted octanol–water partition coefficient (Wildman–Crippen LogP) is 2.39. The molecule has 0 aliphatic carbocycles. The van der Waals surface area contributed by atoms with E-state index >= 15 is 0 Å². The normalized spacial score (nSPS) is 12.7. The third kappa shape index (κ3) is 2.52. The summed E-state index contributed by atoms with van der Waals surface area (Å²) in [4.78, 5) is 0. The molecule has 2 aromatic rings. The van der Waals surface area contributed by atoms with Gasteiger partial charge in [0.1, 0.15) is 0 Å². The van der Waals surface area contributed by atoms with Crippen molar-refractivity contribution in [3.63, 3.8) is 0 Å². The van der Waals surface area contributed by atoms with Crippen molar-refractivity contribution in [2.24, 2.45) is 12.9 Å². The van der Waals surface area contributed by atoms with Crippen molar-refractivity contribution in [3.05, 3.63) is 51.2 Å². The van der Waals surface area contributed by atoms with Crippen LogP contribution in [0.4, 0.5) is 0 Å². The molecule has 90 valence electrons. The van der Waals surface area contributed by atoms with Crippen LogP contribution in [0.1, 0.15) is 17.3 Å². The van der Waals surface area contributed by atoms with Gasteiger partial charge in [0.2, 0.25) is 0 Å². The fourth-order valence-electron chi connectivity index (χ4n) is 1.73. The number of nitrogens with one attached hydrogen (secondary N) is 1. The molecule has 0 spiro atoms. The lowest BCUT2D eigenvalue weighted by Gasteiger charge is -2.17. The van der Waals surface area contributed by atoms with E-state index in [1.54, 1.807) is 10.9 Å². The molecule has 1 unspecified atom stereocenters. The minimum Gasteiger partial charge on any atom is -0.271 e. The number of benzene rings is 1. The summed E-state index contributed by atoms with van der Waals surface area (Å²) in [7, 11) is 1.84. The summed E-state index contributed by atoms with van der Waals surface area (Å²) in [5, 5.41) is 4.70. The largest absolute Gasteiger partial charge is 0.271 e. The molecule has 0 amide bonds. The molecule has 3 N–H and O–H groups in total. The highest BCUT2D eigenvalue weighted by Gasteiger charge is 2.19. The third-order valence-corrected chi connectivity index (χ3v) is 3.40. The standard InChI is InChI=1S/C11H12BrClN4/c1-17-11(9(13)6-15-17)10(16-14)7-2-4-8(12)5-3-7/h2-6,10,16H,14H2,1H3. The second kappa shape index (κ2) is 5.18. The van der Waals surface area contributed by atoms with Gasteiger partial charge in [-0.05, 0) is 17.7 Å². The quantitative estimate of drug-likeness (QED) is 0.675. The van der Waals surface area contributed by atoms with Crippen molar-refractivity contribution < 1.29 is 0 Å². The maximum Gasteiger partial charge on any atom is 0.0893 e. The number of halogens is 2. The average molecular weight is 316 g/mol. The fraction of sp³-hybridized carbons (Fsp3) is 0.182. The van der Waals surface area contributed by atoms with Crippen LogP contribution in [0.3, 0.4) is 0 Å². The Hall–Kier alpha value is -0.880. The van der Waals surface area contributed by atoms with Crippen LogP contribution in [0.5, 0.6) is 0 Å². The molecule has 0 saturated heterocycles. The lowest BCUT2D eigenvalue weighted by molar-refractivity contribution is 0.575. The molecule has 0 fully saturated rings. The second-order valence-electron chi connectivity index (χ2n) is 3.65. The zero-order chi connectivity index (χ0) is 12.4. The van der Waals surface area contributed by atoms with E-state index < -0.39 is 0 Å². The SMILES string of the molecule is Cn1ncc(Cl)c1C(NN)c1ccc(Br)cc1. The Morgan fingerprint density at radius 1 is 1.41 bits per heavy atom. The Balaban J connectivity index is 2.43. The fourth-order valence-corrected chi connectivity index (χ4v) is 2.27. The Morgan fingerprint density at radius 3 is 2.53 bits per heavy atom. The van der Waals surface area contributed by atoms with Gasteiger partial charge in [-0.1, -0.05) is 39.7 Å². The van der Waals surface area contributed by atoms with Crippen LogP contribution in [-0.4, -0.2) is 9.78 Å². The number of nitrogens with zero attached hydrogens (tertiary/aromatic N) is 2. The van der Waals surface area contributed by atoms with Crippen LogP contribution < -0.4 is 11.3 Å². The van der Waals surface area contributed by atoms with Gasteiger partial charge in [-0.15, -0.1) is 0 Å². The summed E-state index contributed by atoms with van der Waals surface area (Å²) in [6.07, 6.45) is 1.61. The molecule has 6 heteroatoms. The van der Waals surface area contributed by atoms with Gasteiger partial charge in [0.25, 0.3) is 0 Å². The maximum atomic E-state index is 6.11. The van der Waals surface area contributed by atoms with E-state index in [-0.39, 0.29) is 6.04 Å². The molecule has 1 aromatic carbocycles. The number of hydrazine groups is 1. The Bertz CT molecular complexity index is 489. The van der Waals surface area contributed by atoms with E-state index in [0.29, 0.717) is 5.02 Å². The first-order valence-corrected chi connectivity index (χ1v) is 6.19. The Morgan fingerprint density at radius 2 is 2.06 bits per heavy atom. The second-order valence-corrected chi connectivity index (χ2v) is 4.98. The van der Waals surface area contributed by atoms with Gasteiger partial charge in [-0.3, -0.25) is 10.5 Å². The summed E-state index contributed by atoms with van der Waals surface area (Å²) < 4.78 is 2.74. The first-order chi connectivity index (χ1) is 8.13. The van der Waals surface area contributed by atoms with Crippen molar-refractivity contribution in [2.75, 3.05) is 0 Å². The number of aryl methyl sites for hydroxylation is 1. The zero-order valence-electron chi connectivity index (χ0n) is 9.19. The van der Waals surface area contributed by atoms with E-state index in [2.05, 4.69) is 26.5 Å². The number of hydrogen-bond acceptors (Lipinski definition) is 3. The van der Waals surface area contributed by atoms with Gasteiger partial charge < -0.3 is 0 Å². The number of hydrogen-bond donors (Lipinski definition) is 2. The molecule has 0 radical (unpaired) electrons. The van der Waals surface area contributed by atoms with E-state index in [9.17, 15) is 0 Å². The van der Waals surface area contributed by atoms with Crippen LogP contribution in [0.15, 0.2) is 34.9 Å². The summed E-state index contributed by atoms with van der Waals surface area (Å²) in [5.41, 5.74) is 4.63. The average Bonchev–Trinajstić information content (AvgIpc) is 2.64. The van der Waals surface area contributed by atoms with Gasteiger partial charge in [-0.25, -0.2) is 5.43 Å². The lowest BCUT2D eigenvalue weighted by atomic mass is 10.0. The minimum atomic E-state index is -0.178. The molecule has 0 aliphatic heterocycles. The van der Waals surface area contributed by atoms with Crippen LogP contribution in [0.25, 0.3) is 0 Å². The zero-order valence-corrected chi connectivity index (χ0v) is 11.5. The molecule has 1 aromatic heterocycles. The lowest BCUT2D eigenvalue weighted by Crippen LogP contribution is -2.30. The first kappa shape index (κ1) is 12.6. The van der Waals surface area contributed by atoms with Gasteiger partial charge in [0.15, 0.2) is 0 Å². The predicted molar refractivity (Wildman–Crippen MR) is 71.5 cm³/mol. The van der Waals surface area contributed by atoms with E-state index in [1.807, 2.05) is 31.3 Å². The molecular formula is C11H12BrClN4. The molecule has 17 heavy (non-hydrogen) atoms. The molecule has 1 atom stereocenters. The minimum absolute atomic E-state index is 0.178. The molecular weight excluding hydrogens is 304 g/mol. The van der Waals surface area contributed by atoms with E-state index in [0.717, 1.165) is 15.7 Å². The van der Waals surface area contributed by atoms with Crippen LogP contribution in [0, 0.1) is 0 Å². The number of aromatic nitrogens is 2. The monoisotopic (exact) mass is 314 g/mol. The highest BCUT2D eigenvalue weighted by atomic mass is 79.9. The van der Waals surface area contributed by atoms with E-state index in [4.69, 9.17) is 17.4 Å².